The van der Waals surface area contributed by atoms with Crippen LogP contribution in [0.25, 0.3) is 0 Å². The molecule has 1 aliphatic heterocycles. The Morgan fingerprint density at radius 2 is 2.15 bits per heavy atom. The molecule has 2 heterocycles. The maximum atomic E-state index is 14.2. The quantitative estimate of drug-likeness (QED) is 0.792. The highest BCUT2D eigenvalue weighted by Gasteiger charge is 2.15. The van der Waals surface area contributed by atoms with Crippen molar-refractivity contribution in [2.45, 2.75) is 31.8 Å². The van der Waals surface area contributed by atoms with Gasteiger partial charge in [-0.2, -0.15) is 0 Å². The lowest BCUT2D eigenvalue weighted by Crippen LogP contribution is -2.19. The molecule has 138 valence electrons. The number of carbonyl (C=O) groups is 1. The number of halogens is 2. The van der Waals surface area contributed by atoms with E-state index in [1.54, 1.807) is 12.1 Å². The SMILES string of the molecule is O=C(CCc1cncc(F)c1)Nc1ccc(NCC2CCCO2)c(F)c1. The van der Waals surface area contributed by atoms with E-state index in [2.05, 4.69) is 15.6 Å². The second-order valence-electron chi connectivity index (χ2n) is 6.27. The number of carbonyl (C=O) groups excluding carboxylic acids is 1. The van der Waals surface area contributed by atoms with Gasteiger partial charge in [0.2, 0.25) is 5.91 Å². The monoisotopic (exact) mass is 361 g/mol. The molecule has 2 N–H and O–H groups in total. The molecule has 0 spiro atoms. The second kappa shape index (κ2) is 8.71. The Labute approximate surface area is 150 Å². The maximum Gasteiger partial charge on any atom is 0.224 e. The number of pyridine rings is 1. The number of ether oxygens (including phenoxy) is 1. The Kier molecular flexibility index (Phi) is 6.12. The van der Waals surface area contributed by atoms with Crippen LogP contribution in [0.2, 0.25) is 0 Å². The van der Waals surface area contributed by atoms with E-state index in [1.807, 2.05) is 0 Å². The number of hydrogen-bond donors (Lipinski definition) is 2. The summed E-state index contributed by atoms with van der Waals surface area (Å²) in [5.41, 5.74) is 1.40. The van der Waals surface area contributed by atoms with Gasteiger partial charge in [-0.05, 0) is 49.1 Å². The predicted octanol–water partition coefficient (Wildman–Crippen LogP) is 3.52. The van der Waals surface area contributed by atoms with Crippen LogP contribution in [-0.4, -0.2) is 30.1 Å². The smallest absolute Gasteiger partial charge is 0.224 e. The largest absolute Gasteiger partial charge is 0.380 e. The number of aryl methyl sites for hydroxylation is 1. The average Bonchev–Trinajstić information content (AvgIpc) is 3.13. The summed E-state index contributed by atoms with van der Waals surface area (Å²) in [7, 11) is 0. The summed E-state index contributed by atoms with van der Waals surface area (Å²) >= 11 is 0. The summed E-state index contributed by atoms with van der Waals surface area (Å²) in [6, 6.07) is 5.85. The fourth-order valence-electron chi connectivity index (χ4n) is 2.84. The lowest BCUT2D eigenvalue weighted by Gasteiger charge is -2.13. The van der Waals surface area contributed by atoms with Crippen molar-refractivity contribution in [3.63, 3.8) is 0 Å². The Balaban J connectivity index is 1.49. The van der Waals surface area contributed by atoms with E-state index in [0.29, 0.717) is 29.9 Å². The first-order valence-corrected chi connectivity index (χ1v) is 8.64. The molecule has 1 saturated heterocycles. The summed E-state index contributed by atoms with van der Waals surface area (Å²) in [4.78, 5) is 15.7. The zero-order valence-electron chi connectivity index (χ0n) is 14.3. The number of aromatic nitrogens is 1. The molecule has 2 aromatic rings. The molecular weight excluding hydrogens is 340 g/mol. The second-order valence-corrected chi connectivity index (χ2v) is 6.27. The molecule has 1 amide bonds. The van der Waals surface area contributed by atoms with E-state index in [9.17, 15) is 13.6 Å². The first-order valence-electron chi connectivity index (χ1n) is 8.64. The van der Waals surface area contributed by atoms with Gasteiger partial charge in [0.25, 0.3) is 0 Å². The van der Waals surface area contributed by atoms with Crippen LogP contribution in [0.3, 0.4) is 0 Å². The third-order valence-corrected chi connectivity index (χ3v) is 4.20. The minimum atomic E-state index is -0.435. The highest BCUT2D eigenvalue weighted by molar-refractivity contribution is 5.91. The van der Waals surface area contributed by atoms with Crippen LogP contribution < -0.4 is 10.6 Å². The van der Waals surface area contributed by atoms with Crippen molar-refractivity contribution in [1.82, 2.24) is 4.98 Å². The van der Waals surface area contributed by atoms with Crippen molar-refractivity contribution >= 4 is 17.3 Å². The average molecular weight is 361 g/mol. The van der Waals surface area contributed by atoms with Crippen LogP contribution in [-0.2, 0) is 16.0 Å². The van der Waals surface area contributed by atoms with E-state index in [1.165, 1.54) is 18.3 Å². The molecule has 0 radical (unpaired) electrons. The number of nitrogens with zero attached hydrogens (tertiary/aromatic N) is 1. The number of nitrogens with one attached hydrogen (secondary N) is 2. The van der Waals surface area contributed by atoms with Crippen LogP contribution in [0.4, 0.5) is 20.2 Å². The molecule has 3 rings (SSSR count). The van der Waals surface area contributed by atoms with E-state index < -0.39 is 11.6 Å². The first kappa shape index (κ1) is 18.3. The molecule has 0 saturated carbocycles. The van der Waals surface area contributed by atoms with Gasteiger partial charge < -0.3 is 15.4 Å². The molecule has 7 heteroatoms. The fourth-order valence-corrected chi connectivity index (χ4v) is 2.84. The fraction of sp³-hybridized carbons (Fsp3) is 0.368. The van der Waals surface area contributed by atoms with Crippen LogP contribution >= 0.6 is 0 Å². The molecule has 1 aromatic carbocycles. The van der Waals surface area contributed by atoms with Gasteiger partial charge in [0.1, 0.15) is 11.6 Å². The highest BCUT2D eigenvalue weighted by atomic mass is 19.1. The van der Waals surface area contributed by atoms with Crippen LogP contribution in [0.1, 0.15) is 24.8 Å². The third kappa shape index (κ3) is 5.23. The lowest BCUT2D eigenvalue weighted by atomic mass is 10.1. The minimum Gasteiger partial charge on any atom is -0.380 e. The van der Waals surface area contributed by atoms with Crippen molar-refractivity contribution in [2.75, 3.05) is 23.8 Å². The van der Waals surface area contributed by atoms with E-state index in [-0.39, 0.29) is 18.4 Å². The van der Waals surface area contributed by atoms with Gasteiger partial charge in [0.05, 0.1) is 18.0 Å². The molecule has 0 bridgehead atoms. The molecule has 5 nitrogen and oxygen atoms in total. The Hall–Kier alpha value is -2.54. The number of amides is 1. The highest BCUT2D eigenvalue weighted by Crippen LogP contribution is 2.20. The Morgan fingerprint density at radius 1 is 1.27 bits per heavy atom. The standard InChI is InChI=1S/C19H21F2N3O2/c20-14-8-13(10-22-11-14)3-6-19(25)24-15-4-5-18(17(21)9-15)23-12-16-2-1-7-26-16/h4-5,8-11,16,23H,1-3,6-7,12H2,(H,24,25). The predicted molar refractivity (Wildman–Crippen MR) is 95.0 cm³/mol. The first-order chi connectivity index (χ1) is 12.6. The van der Waals surface area contributed by atoms with Gasteiger partial charge in [-0.25, -0.2) is 8.78 Å². The minimum absolute atomic E-state index is 0.117. The van der Waals surface area contributed by atoms with E-state index in [4.69, 9.17) is 4.74 Å². The molecular formula is C19H21F2N3O2. The van der Waals surface area contributed by atoms with Gasteiger partial charge in [-0.1, -0.05) is 0 Å². The van der Waals surface area contributed by atoms with Gasteiger partial charge in [0.15, 0.2) is 0 Å². The molecule has 1 aliphatic rings. The van der Waals surface area contributed by atoms with Crippen LogP contribution in [0.15, 0.2) is 36.7 Å². The molecule has 26 heavy (non-hydrogen) atoms. The van der Waals surface area contributed by atoms with Crippen molar-refractivity contribution in [2.24, 2.45) is 0 Å². The lowest BCUT2D eigenvalue weighted by molar-refractivity contribution is -0.116. The topological polar surface area (TPSA) is 63.2 Å². The number of rotatable bonds is 7. The number of benzene rings is 1. The van der Waals surface area contributed by atoms with Crippen molar-refractivity contribution < 1.29 is 18.3 Å². The summed E-state index contributed by atoms with van der Waals surface area (Å²) in [5, 5.41) is 5.68. The van der Waals surface area contributed by atoms with Gasteiger partial charge in [-0.15, -0.1) is 0 Å². The van der Waals surface area contributed by atoms with E-state index >= 15 is 0 Å². The van der Waals surface area contributed by atoms with Crippen molar-refractivity contribution in [3.05, 3.63) is 53.9 Å². The zero-order valence-corrected chi connectivity index (χ0v) is 14.3. The Bertz CT molecular complexity index is 764. The maximum absolute atomic E-state index is 14.2. The Morgan fingerprint density at radius 3 is 2.88 bits per heavy atom. The van der Waals surface area contributed by atoms with Gasteiger partial charge in [-0.3, -0.25) is 9.78 Å². The van der Waals surface area contributed by atoms with E-state index in [0.717, 1.165) is 25.6 Å². The molecule has 1 aromatic heterocycles. The van der Waals surface area contributed by atoms with Crippen LogP contribution in [0, 0.1) is 11.6 Å². The molecule has 1 unspecified atom stereocenters. The normalized spacial score (nSPS) is 16.5. The summed E-state index contributed by atoms with van der Waals surface area (Å²) < 4.78 is 32.7. The van der Waals surface area contributed by atoms with Gasteiger partial charge in [0, 0.05) is 31.5 Å². The third-order valence-electron chi connectivity index (χ3n) is 4.20. The molecule has 1 atom stereocenters. The summed E-state index contributed by atoms with van der Waals surface area (Å²) in [5.74, 6) is -1.14. The number of anilines is 2. The van der Waals surface area contributed by atoms with Crippen molar-refractivity contribution in [1.29, 1.82) is 0 Å². The van der Waals surface area contributed by atoms with Gasteiger partial charge >= 0.3 is 0 Å². The molecule has 1 fully saturated rings. The molecule has 0 aliphatic carbocycles. The summed E-state index contributed by atoms with van der Waals surface area (Å²) in [6.45, 7) is 1.32. The summed E-state index contributed by atoms with van der Waals surface area (Å²) in [6.07, 6.45) is 5.28. The number of hydrogen-bond acceptors (Lipinski definition) is 4. The van der Waals surface area contributed by atoms with Crippen LogP contribution in [0.5, 0.6) is 0 Å². The zero-order chi connectivity index (χ0) is 18.4. The van der Waals surface area contributed by atoms with Crippen molar-refractivity contribution in [3.8, 4) is 0 Å².